The zero-order valence-electron chi connectivity index (χ0n) is 30.3. The van der Waals surface area contributed by atoms with Crippen LogP contribution in [0.1, 0.15) is 17.5 Å². The summed E-state index contributed by atoms with van der Waals surface area (Å²) in [6, 6.07) is 60.2. The lowest BCUT2D eigenvalue weighted by Crippen LogP contribution is -2.05. The minimum absolute atomic E-state index is 0.293. The number of aromatic nitrogens is 3. The molecule has 7 aromatic carbocycles. The molecule has 0 saturated carbocycles. The van der Waals surface area contributed by atoms with Crippen LogP contribution in [0.2, 0.25) is 0 Å². The first-order chi connectivity index (χ1) is 27.8. The van der Waals surface area contributed by atoms with Crippen LogP contribution in [-0.2, 0) is 0 Å². The first kappa shape index (κ1) is 33.0. The first-order valence-electron chi connectivity index (χ1n) is 19.0. The van der Waals surface area contributed by atoms with E-state index < -0.39 is 0 Å². The van der Waals surface area contributed by atoms with Gasteiger partial charge in [0, 0.05) is 47.0 Å². The molecule has 56 heavy (non-hydrogen) atoms. The summed E-state index contributed by atoms with van der Waals surface area (Å²) in [4.78, 5) is 16.7. The van der Waals surface area contributed by atoms with E-state index in [2.05, 4.69) is 158 Å². The van der Waals surface area contributed by atoms with E-state index in [1.165, 1.54) is 58.5 Å². The number of thiophene rings is 1. The van der Waals surface area contributed by atoms with E-state index in [9.17, 15) is 0 Å². The molecule has 0 bridgehead atoms. The molecule has 0 radical (unpaired) electrons. The molecule has 0 saturated heterocycles. The lowest BCUT2D eigenvalue weighted by Gasteiger charge is -2.20. The Morgan fingerprint density at radius 3 is 1.88 bits per heavy atom. The third kappa shape index (κ3) is 5.62. The molecule has 0 N–H and O–H groups in total. The quantitative estimate of drug-likeness (QED) is 0.170. The van der Waals surface area contributed by atoms with Crippen LogP contribution in [0.5, 0.6) is 0 Å². The Balaban J connectivity index is 1.09. The van der Waals surface area contributed by atoms with Crippen molar-refractivity contribution >= 4 is 54.4 Å². The second-order valence-electron chi connectivity index (χ2n) is 14.2. The monoisotopic (exact) mass is 751 g/mol. The van der Waals surface area contributed by atoms with E-state index in [0.29, 0.717) is 22.7 Å². The molecular weight excluding hydrogens is 719 g/mol. The van der Waals surface area contributed by atoms with Gasteiger partial charge in [-0.05, 0) is 63.1 Å². The van der Waals surface area contributed by atoms with Gasteiger partial charge < -0.3 is 0 Å². The molecule has 1 unspecified atom stereocenters. The minimum Gasteiger partial charge on any atom is -0.208 e. The van der Waals surface area contributed by atoms with Gasteiger partial charge in [0.2, 0.25) is 0 Å². The van der Waals surface area contributed by atoms with Crippen LogP contribution in [0.25, 0.3) is 87.7 Å². The average Bonchev–Trinajstić information content (AvgIpc) is 3.86. The maximum atomic E-state index is 5.24. The fraction of sp³-hybridized carbons (Fsp3) is 0.0392. The summed E-state index contributed by atoms with van der Waals surface area (Å²) in [5.74, 6) is 2.02. The fourth-order valence-corrected chi connectivity index (χ4v) is 11.0. The molecule has 0 fully saturated rings. The highest BCUT2D eigenvalue weighted by atomic mass is 32.2. The molecule has 0 amide bonds. The van der Waals surface area contributed by atoms with Gasteiger partial charge >= 0.3 is 0 Å². The third-order valence-electron chi connectivity index (χ3n) is 10.8. The van der Waals surface area contributed by atoms with Crippen molar-refractivity contribution in [1.82, 2.24) is 15.0 Å². The Labute approximate surface area is 333 Å². The molecular formula is C51H33N3S2. The Morgan fingerprint density at radius 2 is 1.07 bits per heavy atom. The van der Waals surface area contributed by atoms with Crippen molar-refractivity contribution in [2.45, 2.75) is 16.6 Å². The van der Waals surface area contributed by atoms with Crippen LogP contribution in [0, 0.1) is 0 Å². The number of hydrogen-bond acceptors (Lipinski definition) is 5. The van der Waals surface area contributed by atoms with Gasteiger partial charge in [-0.2, -0.15) is 0 Å². The van der Waals surface area contributed by atoms with Gasteiger partial charge in [0.05, 0.1) is 0 Å². The van der Waals surface area contributed by atoms with Crippen LogP contribution < -0.4 is 0 Å². The van der Waals surface area contributed by atoms with Crippen molar-refractivity contribution in [2.75, 3.05) is 0 Å². The minimum atomic E-state index is 0.293. The molecule has 9 aromatic rings. The third-order valence-corrected chi connectivity index (χ3v) is 13.4. The van der Waals surface area contributed by atoms with Gasteiger partial charge in [-0.25, -0.2) is 15.0 Å². The maximum absolute atomic E-state index is 5.24. The number of nitrogens with zero attached hydrogens (tertiary/aromatic N) is 3. The summed E-state index contributed by atoms with van der Waals surface area (Å²) in [5.41, 5.74) is 13.0. The van der Waals surface area contributed by atoms with Crippen LogP contribution in [0.15, 0.2) is 187 Å². The summed E-state index contributed by atoms with van der Waals surface area (Å²) >= 11 is 3.85. The molecule has 2 aromatic heterocycles. The summed E-state index contributed by atoms with van der Waals surface area (Å²) < 4.78 is 2.65. The molecule has 3 heterocycles. The predicted octanol–water partition coefficient (Wildman–Crippen LogP) is 13.9. The molecule has 2 aliphatic rings. The molecule has 0 spiro atoms. The van der Waals surface area contributed by atoms with E-state index in [4.69, 9.17) is 15.0 Å². The van der Waals surface area contributed by atoms with E-state index in [-0.39, 0.29) is 0 Å². The highest BCUT2D eigenvalue weighted by Gasteiger charge is 2.34. The number of rotatable bonds is 6. The number of allylic oxidation sites excluding steroid dienone is 3. The standard InChI is InChI=1S/C51H33N3S2/c1-4-15-32(16-5-1)35-21-12-22-36(31-35)50-52-49(34-19-8-3-9-20-34)53-51(54-50)42-26-13-25-41-45-38(24-14-28-44(45)56-47(41)42)39-30-29-37(33-17-6-2-7-18-33)46-40-23-10-11-27-43(40)55-48(39)46/h1-27,29-31,44H,28H2. The molecule has 5 heteroatoms. The van der Waals surface area contributed by atoms with Crippen LogP contribution in [0.3, 0.4) is 0 Å². The van der Waals surface area contributed by atoms with Crippen molar-refractivity contribution < 1.29 is 0 Å². The fourth-order valence-electron chi connectivity index (χ4n) is 8.25. The molecule has 1 aliphatic heterocycles. The summed E-state index contributed by atoms with van der Waals surface area (Å²) in [5, 5.41) is 2.94. The number of hydrogen-bond donors (Lipinski definition) is 0. The van der Waals surface area contributed by atoms with Crippen LogP contribution >= 0.6 is 23.1 Å². The zero-order chi connectivity index (χ0) is 37.0. The van der Waals surface area contributed by atoms with E-state index in [1.54, 1.807) is 0 Å². The highest BCUT2D eigenvalue weighted by molar-refractivity contribution is 8.01. The zero-order valence-corrected chi connectivity index (χ0v) is 31.9. The van der Waals surface area contributed by atoms with Crippen molar-refractivity contribution in [3.05, 3.63) is 193 Å². The van der Waals surface area contributed by atoms with Crippen LogP contribution in [0.4, 0.5) is 0 Å². The Morgan fingerprint density at radius 1 is 0.464 bits per heavy atom. The van der Waals surface area contributed by atoms with Gasteiger partial charge in [0.1, 0.15) is 0 Å². The molecule has 1 aliphatic carbocycles. The maximum Gasteiger partial charge on any atom is 0.165 e. The van der Waals surface area contributed by atoms with E-state index in [0.717, 1.165) is 34.2 Å². The molecule has 11 rings (SSSR count). The van der Waals surface area contributed by atoms with Gasteiger partial charge in [0.15, 0.2) is 17.5 Å². The molecule has 3 nitrogen and oxygen atoms in total. The number of fused-ring (bicyclic) bond motifs is 6. The van der Waals surface area contributed by atoms with Gasteiger partial charge in [-0.15, -0.1) is 23.1 Å². The normalized spacial score (nSPS) is 14.7. The summed E-state index contributed by atoms with van der Waals surface area (Å²) in [7, 11) is 0. The van der Waals surface area contributed by atoms with Crippen molar-refractivity contribution in [3.63, 3.8) is 0 Å². The topological polar surface area (TPSA) is 38.7 Å². The van der Waals surface area contributed by atoms with Gasteiger partial charge in [0.25, 0.3) is 0 Å². The lowest BCUT2D eigenvalue weighted by atomic mass is 9.86. The largest absolute Gasteiger partial charge is 0.208 e. The van der Waals surface area contributed by atoms with Crippen molar-refractivity contribution in [2.24, 2.45) is 0 Å². The Kier molecular flexibility index (Phi) is 8.08. The Bertz CT molecular complexity index is 3020. The lowest BCUT2D eigenvalue weighted by molar-refractivity contribution is 1.07. The number of thioether (sulfide) groups is 1. The highest BCUT2D eigenvalue weighted by Crippen LogP contribution is 2.55. The molecule has 1 atom stereocenters. The second kappa shape index (κ2) is 13.7. The SMILES string of the molecule is C1=CC(c2ccc(-c3ccccc3)c3c2sc2ccccc23)=C2c3cccc(-c4nc(-c5ccccc5)nc(-c5cccc(-c6ccccc6)c5)n4)c3SC2C1. The number of benzene rings is 7. The van der Waals surface area contributed by atoms with Crippen LogP contribution in [-0.4, -0.2) is 20.2 Å². The first-order valence-corrected chi connectivity index (χ1v) is 20.6. The van der Waals surface area contributed by atoms with E-state index in [1.807, 2.05) is 47.4 Å². The molecule has 264 valence electrons. The van der Waals surface area contributed by atoms with Crippen molar-refractivity contribution in [3.8, 4) is 56.4 Å². The predicted molar refractivity (Wildman–Crippen MR) is 237 cm³/mol. The summed E-state index contributed by atoms with van der Waals surface area (Å²) in [6.45, 7) is 0. The smallest absolute Gasteiger partial charge is 0.165 e. The van der Waals surface area contributed by atoms with Gasteiger partial charge in [-0.3, -0.25) is 0 Å². The summed E-state index contributed by atoms with van der Waals surface area (Å²) in [6.07, 6.45) is 5.70. The average molecular weight is 752 g/mol. The van der Waals surface area contributed by atoms with E-state index >= 15 is 0 Å². The van der Waals surface area contributed by atoms with Gasteiger partial charge in [-0.1, -0.05) is 170 Å². The Hall–Kier alpha value is -6.40. The van der Waals surface area contributed by atoms with Crippen molar-refractivity contribution in [1.29, 1.82) is 0 Å². The second-order valence-corrected chi connectivity index (χ2v) is 16.5.